The van der Waals surface area contributed by atoms with Crippen LogP contribution in [0.5, 0.6) is 0 Å². The molecule has 0 saturated carbocycles. The zero-order valence-corrected chi connectivity index (χ0v) is 37.3. The predicted molar refractivity (Wildman–Crippen MR) is 221 cm³/mol. The van der Waals surface area contributed by atoms with Crippen molar-refractivity contribution in [1.29, 1.82) is 0 Å². The SMILES string of the molecule is CC1CC(C)(C)N(C)C(C)(C)C1.CCCCN(c1nc(C)nc(N(CCCC)C2CC(C)(C)N(C)C(C)(C)C2)n1)C1CC(C)(C)N(C)C(C)(C)C1. The lowest BCUT2D eigenvalue weighted by Crippen LogP contribution is -2.63. The Labute approximate surface area is 316 Å². The Kier molecular flexibility index (Phi) is 13.8. The molecule has 3 fully saturated rings. The maximum absolute atomic E-state index is 5.32. The zero-order valence-electron chi connectivity index (χ0n) is 37.3. The van der Waals surface area contributed by atoms with E-state index in [0.29, 0.717) is 23.2 Å². The molecule has 4 rings (SSSR count). The number of unbranched alkanes of at least 4 members (excludes halogenated alkanes) is 2. The molecule has 0 unspecified atom stereocenters. The Balaban J connectivity index is 0.000000493. The third-order valence-corrected chi connectivity index (χ3v) is 13.7. The van der Waals surface area contributed by atoms with Crippen molar-refractivity contribution < 1.29 is 0 Å². The van der Waals surface area contributed by atoms with E-state index in [9.17, 15) is 0 Å². The second-order valence-electron chi connectivity index (χ2n) is 20.8. The highest BCUT2D eigenvalue weighted by Gasteiger charge is 2.47. The van der Waals surface area contributed by atoms with Crippen LogP contribution in [0.15, 0.2) is 0 Å². The first-order chi connectivity index (χ1) is 23.2. The van der Waals surface area contributed by atoms with E-state index in [4.69, 9.17) is 15.0 Å². The van der Waals surface area contributed by atoms with E-state index in [1.807, 2.05) is 0 Å². The van der Waals surface area contributed by atoms with Gasteiger partial charge in [0.1, 0.15) is 5.82 Å². The van der Waals surface area contributed by atoms with Crippen LogP contribution in [0.3, 0.4) is 0 Å². The summed E-state index contributed by atoms with van der Waals surface area (Å²) in [6.45, 7) is 39.5. The van der Waals surface area contributed by atoms with Crippen LogP contribution in [0.4, 0.5) is 11.9 Å². The maximum Gasteiger partial charge on any atom is 0.230 e. The van der Waals surface area contributed by atoms with Crippen molar-refractivity contribution in [2.24, 2.45) is 5.92 Å². The smallest absolute Gasteiger partial charge is 0.230 e. The molecule has 4 heterocycles. The average molecular weight is 713 g/mol. The lowest BCUT2D eigenvalue weighted by molar-refractivity contribution is -0.0256. The summed E-state index contributed by atoms with van der Waals surface area (Å²) in [5.74, 6) is 3.45. The number of hydrogen-bond donors (Lipinski definition) is 0. The number of anilines is 2. The van der Waals surface area contributed by atoms with E-state index in [0.717, 1.165) is 88.1 Å². The van der Waals surface area contributed by atoms with Crippen LogP contribution >= 0.6 is 0 Å². The molecule has 0 aromatic carbocycles. The molecule has 1 aromatic heterocycles. The van der Waals surface area contributed by atoms with Gasteiger partial charge in [0.15, 0.2) is 0 Å². The molecule has 0 spiro atoms. The summed E-state index contributed by atoms with van der Waals surface area (Å²) < 4.78 is 0. The van der Waals surface area contributed by atoms with Crippen molar-refractivity contribution in [3.63, 3.8) is 0 Å². The summed E-state index contributed by atoms with van der Waals surface area (Å²) in [6, 6.07) is 0.801. The van der Waals surface area contributed by atoms with Gasteiger partial charge in [0.2, 0.25) is 11.9 Å². The minimum Gasteiger partial charge on any atom is -0.338 e. The van der Waals surface area contributed by atoms with E-state index >= 15 is 0 Å². The minimum absolute atomic E-state index is 0.111. The summed E-state index contributed by atoms with van der Waals surface area (Å²) in [5.41, 5.74) is 1.20. The number of nitrogens with zero attached hydrogens (tertiary/aromatic N) is 8. The van der Waals surface area contributed by atoms with Gasteiger partial charge in [0, 0.05) is 58.4 Å². The highest BCUT2D eigenvalue weighted by Crippen LogP contribution is 2.42. The molecule has 1 aromatic rings. The number of piperidine rings is 3. The van der Waals surface area contributed by atoms with Crippen molar-refractivity contribution in [1.82, 2.24) is 29.7 Å². The molecular weight excluding hydrogens is 629 g/mol. The van der Waals surface area contributed by atoms with Crippen LogP contribution in [0, 0.1) is 12.8 Å². The molecule has 0 amide bonds. The summed E-state index contributed by atoms with van der Waals surface area (Å²) >= 11 is 0. The van der Waals surface area contributed by atoms with E-state index in [1.54, 1.807) is 0 Å². The second-order valence-corrected chi connectivity index (χ2v) is 20.8. The Morgan fingerprint density at radius 1 is 0.510 bits per heavy atom. The molecule has 0 radical (unpaired) electrons. The Morgan fingerprint density at radius 3 is 1.06 bits per heavy atom. The Bertz CT molecular complexity index is 1140. The second kappa shape index (κ2) is 16.1. The zero-order chi connectivity index (χ0) is 39.0. The summed E-state index contributed by atoms with van der Waals surface area (Å²) in [7, 11) is 6.83. The molecule has 296 valence electrons. The molecular formula is C43H84N8. The van der Waals surface area contributed by atoms with Gasteiger partial charge in [-0.25, -0.2) is 0 Å². The molecule has 3 aliphatic rings. The van der Waals surface area contributed by atoms with E-state index in [1.165, 1.54) is 12.8 Å². The summed E-state index contributed by atoms with van der Waals surface area (Å²) in [5, 5.41) is 0. The predicted octanol–water partition coefficient (Wildman–Crippen LogP) is 9.60. The van der Waals surface area contributed by atoms with Gasteiger partial charge in [-0.2, -0.15) is 15.0 Å². The molecule has 0 atom stereocenters. The molecule has 0 aliphatic carbocycles. The van der Waals surface area contributed by atoms with E-state index < -0.39 is 0 Å². The van der Waals surface area contributed by atoms with Gasteiger partial charge in [0.05, 0.1) is 0 Å². The molecule has 51 heavy (non-hydrogen) atoms. The van der Waals surface area contributed by atoms with Crippen LogP contribution in [0.25, 0.3) is 0 Å². The van der Waals surface area contributed by atoms with Crippen LogP contribution in [-0.2, 0) is 0 Å². The van der Waals surface area contributed by atoms with Gasteiger partial charge < -0.3 is 9.80 Å². The lowest BCUT2D eigenvalue weighted by Gasteiger charge is -2.56. The topological polar surface area (TPSA) is 54.9 Å². The standard InChI is InChI=1S/C32H61N7.C11H23N/c1-14-16-18-38(25-20-29(4,5)36(12)30(6,7)21-25)27-33-24(3)34-28(35-27)39(19-17-15-2)26-22-31(8,9)37(13)32(10,11)23-26;1-9-7-10(2,3)12(6)11(4,5)8-9/h25-26H,14-23H2,1-13H3;9H,7-8H2,1-6H3. The first kappa shape index (κ1) is 43.9. The van der Waals surface area contributed by atoms with Crippen molar-refractivity contribution in [2.75, 3.05) is 44.0 Å². The van der Waals surface area contributed by atoms with Crippen LogP contribution < -0.4 is 9.80 Å². The largest absolute Gasteiger partial charge is 0.338 e. The fourth-order valence-electron chi connectivity index (χ4n) is 10.2. The highest BCUT2D eigenvalue weighted by molar-refractivity contribution is 5.42. The van der Waals surface area contributed by atoms with Gasteiger partial charge in [-0.3, -0.25) is 14.7 Å². The fraction of sp³-hybridized carbons (Fsp3) is 0.930. The molecule has 3 aliphatic heterocycles. The van der Waals surface area contributed by atoms with Gasteiger partial charge in [-0.15, -0.1) is 0 Å². The number of likely N-dealkylation sites (tertiary alicyclic amines) is 3. The third-order valence-electron chi connectivity index (χ3n) is 13.7. The number of aryl methyl sites for hydroxylation is 1. The van der Waals surface area contributed by atoms with Crippen molar-refractivity contribution in [2.45, 2.75) is 220 Å². The fourth-order valence-corrected chi connectivity index (χ4v) is 10.2. The molecule has 0 bridgehead atoms. The van der Waals surface area contributed by atoms with Gasteiger partial charge in [-0.1, -0.05) is 33.6 Å². The van der Waals surface area contributed by atoms with E-state index in [2.05, 4.69) is 156 Å². The first-order valence-corrected chi connectivity index (χ1v) is 20.7. The Morgan fingerprint density at radius 2 is 0.784 bits per heavy atom. The molecule has 8 nitrogen and oxygen atoms in total. The monoisotopic (exact) mass is 713 g/mol. The quantitative estimate of drug-likeness (QED) is 0.238. The van der Waals surface area contributed by atoms with Crippen molar-refractivity contribution >= 4 is 11.9 Å². The van der Waals surface area contributed by atoms with Gasteiger partial charge in [-0.05, 0) is 168 Å². The van der Waals surface area contributed by atoms with Crippen LogP contribution in [-0.4, -0.2) is 109 Å². The first-order valence-electron chi connectivity index (χ1n) is 20.7. The van der Waals surface area contributed by atoms with Crippen LogP contribution in [0.1, 0.15) is 174 Å². The molecule has 3 saturated heterocycles. The number of rotatable bonds is 10. The lowest BCUT2D eigenvalue weighted by atomic mass is 9.75. The normalized spacial score (nSPS) is 25.2. The molecule has 8 heteroatoms. The van der Waals surface area contributed by atoms with Crippen molar-refractivity contribution in [3.05, 3.63) is 5.82 Å². The Hall–Kier alpha value is -1.51. The number of aromatic nitrogens is 3. The summed E-state index contributed by atoms with van der Waals surface area (Å²) in [6.07, 6.45) is 11.7. The molecule has 0 N–H and O–H groups in total. The number of hydrogen-bond acceptors (Lipinski definition) is 8. The summed E-state index contributed by atoms with van der Waals surface area (Å²) in [4.78, 5) is 28.1. The average Bonchev–Trinajstić information content (AvgIpc) is 2.97. The maximum atomic E-state index is 5.32. The highest BCUT2D eigenvalue weighted by atomic mass is 15.4. The van der Waals surface area contributed by atoms with E-state index in [-0.39, 0.29) is 22.2 Å². The van der Waals surface area contributed by atoms with Crippen LogP contribution in [0.2, 0.25) is 0 Å². The van der Waals surface area contributed by atoms with Crippen molar-refractivity contribution in [3.8, 4) is 0 Å². The third kappa shape index (κ3) is 10.4. The minimum atomic E-state index is 0.111. The van der Waals surface area contributed by atoms with Gasteiger partial charge >= 0.3 is 0 Å². The van der Waals surface area contributed by atoms with Gasteiger partial charge in [0.25, 0.3) is 0 Å².